The van der Waals surface area contributed by atoms with E-state index >= 15 is 0 Å². The second kappa shape index (κ2) is 10.0. The number of rotatable bonds is 0. The number of benzene rings is 2. The highest BCUT2D eigenvalue weighted by atomic mass is 15.0. The molecule has 0 N–H and O–H groups in total. The molecule has 0 saturated heterocycles. The average molecular weight is 770 g/mol. The Morgan fingerprint density at radius 1 is 0.621 bits per heavy atom. The van der Waals surface area contributed by atoms with Gasteiger partial charge < -0.3 is 4.40 Å². The van der Waals surface area contributed by atoms with E-state index in [2.05, 4.69) is 139 Å². The molecule has 7 aliphatic carbocycles. The van der Waals surface area contributed by atoms with E-state index in [1.54, 1.807) is 16.7 Å². The predicted octanol–water partition coefficient (Wildman–Crippen LogP) is 14.4. The lowest BCUT2D eigenvalue weighted by Crippen LogP contribution is -2.62. The molecule has 3 fully saturated rings. The first-order valence-corrected chi connectivity index (χ1v) is 23.2. The van der Waals surface area contributed by atoms with Crippen molar-refractivity contribution in [3.63, 3.8) is 0 Å². The smallest absolute Gasteiger partial charge is 0.0732 e. The molecule has 3 nitrogen and oxygen atoms in total. The Bertz CT molecular complexity index is 2860. The summed E-state index contributed by atoms with van der Waals surface area (Å²) in [6.07, 6.45) is 13.6. The maximum Gasteiger partial charge on any atom is 0.0732 e. The summed E-state index contributed by atoms with van der Waals surface area (Å²) in [5.41, 5.74) is 19.4. The van der Waals surface area contributed by atoms with Crippen LogP contribution in [0.5, 0.6) is 0 Å². The number of pyridine rings is 2. The third kappa shape index (κ3) is 3.76. The van der Waals surface area contributed by atoms with Gasteiger partial charge in [0.2, 0.25) is 0 Å². The standard InChI is InChI=1S/C55H67N3/c1-48(2,3)35-25-36(49(4,5)6)41-43-38(27-57-47-44(43)54(50(7,8)9)16-18-55(47,19-17-54)51(10,11)12)58-37-26-56-46-39(42(37)40(35)45(41)58)32-24-31-28(21-33(32)52(46,13)14)20-29-22-30-23-34(31)53(29,30)15/h21,24-27,29-30,34H,16-20,22-23H2,1-15H3. The van der Waals surface area contributed by atoms with Gasteiger partial charge in [-0.3, -0.25) is 9.97 Å². The molecule has 4 aromatic heterocycles. The van der Waals surface area contributed by atoms with E-state index in [9.17, 15) is 0 Å². The molecule has 4 atom stereocenters. The highest BCUT2D eigenvalue weighted by Crippen LogP contribution is 2.75. The van der Waals surface area contributed by atoms with Gasteiger partial charge in [-0.1, -0.05) is 122 Å². The van der Waals surface area contributed by atoms with Crippen molar-refractivity contribution in [1.82, 2.24) is 14.4 Å². The Morgan fingerprint density at radius 3 is 1.78 bits per heavy atom. The van der Waals surface area contributed by atoms with Crippen molar-refractivity contribution >= 4 is 38.1 Å². The second-order valence-corrected chi connectivity index (χ2v) is 25.8. The Kier molecular flexibility index (Phi) is 6.28. The maximum atomic E-state index is 5.77. The highest BCUT2D eigenvalue weighted by Gasteiger charge is 2.66. The van der Waals surface area contributed by atoms with Crippen LogP contribution in [0.4, 0.5) is 0 Å². The van der Waals surface area contributed by atoms with Gasteiger partial charge in [0.15, 0.2) is 0 Å². The van der Waals surface area contributed by atoms with E-state index < -0.39 is 0 Å². The largest absolute Gasteiger partial charge is 0.305 e. The van der Waals surface area contributed by atoms with Crippen molar-refractivity contribution in [1.29, 1.82) is 0 Å². The molecule has 2 aromatic carbocycles. The minimum absolute atomic E-state index is 0.0587. The Morgan fingerprint density at radius 2 is 1.19 bits per heavy atom. The molecular weight excluding hydrogens is 703 g/mol. The van der Waals surface area contributed by atoms with E-state index in [1.807, 2.05) is 0 Å². The van der Waals surface area contributed by atoms with Crippen LogP contribution < -0.4 is 0 Å². The van der Waals surface area contributed by atoms with Crippen LogP contribution in [-0.4, -0.2) is 14.4 Å². The van der Waals surface area contributed by atoms with Gasteiger partial charge in [0, 0.05) is 43.4 Å². The van der Waals surface area contributed by atoms with Crippen LogP contribution in [0.3, 0.4) is 0 Å². The van der Waals surface area contributed by atoms with E-state index in [1.165, 1.54) is 122 Å². The molecule has 0 aliphatic heterocycles. The van der Waals surface area contributed by atoms with E-state index in [4.69, 9.17) is 9.97 Å². The number of hydrogen-bond acceptors (Lipinski definition) is 2. The van der Waals surface area contributed by atoms with Crippen LogP contribution in [0.25, 0.3) is 49.2 Å². The lowest BCUT2D eigenvalue weighted by Gasteiger charge is -2.70. The normalized spacial score (nSPS) is 30.7. The van der Waals surface area contributed by atoms with Crippen molar-refractivity contribution in [3.8, 4) is 11.1 Å². The molecule has 58 heavy (non-hydrogen) atoms. The lowest BCUT2D eigenvalue weighted by molar-refractivity contribution is -0.158. The van der Waals surface area contributed by atoms with Crippen LogP contribution in [0.1, 0.15) is 193 Å². The summed E-state index contributed by atoms with van der Waals surface area (Å²) in [7, 11) is 0. The molecule has 0 radical (unpaired) electrons. The van der Waals surface area contributed by atoms with Crippen molar-refractivity contribution in [2.45, 2.75) is 182 Å². The first-order chi connectivity index (χ1) is 26.9. The molecule has 3 saturated carbocycles. The number of hydrogen-bond donors (Lipinski definition) is 0. The van der Waals surface area contributed by atoms with E-state index in [-0.39, 0.29) is 37.9 Å². The molecule has 4 heterocycles. The van der Waals surface area contributed by atoms with Gasteiger partial charge in [0.1, 0.15) is 0 Å². The fourth-order valence-electron chi connectivity index (χ4n) is 15.6. The Labute approximate surface area is 347 Å². The Hall–Kier alpha value is -3.46. The van der Waals surface area contributed by atoms with Gasteiger partial charge in [0.05, 0.1) is 40.3 Å². The zero-order valence-corrected chi connectivity index (χ0v) is 38.4. The van der Waals surface area contributed by atoms with E-state index in [0.29, 0.717) is 11.3 Å². The first-order valence-electron chi connectivity index (χ1n) is 23.2. The fraction of sp³-hybridized carbons (Fsp3) is 0.600. The van der Waals surface area contributed by atoms with Crippen molar-refractivity contribution in [2.24, 2.45) is 28.1 Å². The molecule has 0 amide bonds. The minimum Gasteiger partial charge on any atom is -0.305 e. The summed E-state index contributed by atoms with van der Waals surface area (Å²) in [5, 5.41) is 5.87. The summed E-state index contributed by atoms with van der Waals surface area (Å²) in [5.74, 6) is 2.51. The van der Waals surface area contributed by atoms with Crippen LogP contribution in [0.15, 0.2) is 30.6 Å². The lowest BCUT2D eigenvalue weighted by atomic mass is 9.34. The molecule has 3 heteroatoms. The van der Waals surface area contributed by atoms with Gasteiger partial charge in [-0.25, -0.2) is 0 Å². The van der Waals surface area contributed by atoms with Crippen LogP contribution >= 0.6 is 0 Å². The summed E-state index contributed by atoms with van der Waals surface area (Å²) < 4.78 is 2.68. The molecule has 6 aromatic rings. The van der Waals surface area contributed by atoms with Crippen molar-refractivity contribution in [2.75, 3.05) is 0 Å². The maximum absolute atomic E-state index is 5.77. The molecule has 4 unspecified atom stereocenters. The molecular formula is C55H67N3. The second-order valence-electron chi connectivity index (χ2n) is 25.8. The topological polar surface area (TPSA) is 30.2 Å². The average Bonchev–Trinajstić information content (AvgIpc) is 3.72. The quantitative estimate of drug-likeness (QED) is 0.154. The molecule has 7 aliphatic rings. The minimum atomic E-state index is -0.164. The first kappa shape index (κ1) is 36.4. The summed E-state index contributed by atoms with van der Waals surface area (Å²) >= 11 is 0. The van der Waals surface area contributed by atoms with Crippen LogP contribution in [0, 0.1) is 28.1 Å². The Balaban J connectivity index is 1.28. The van der Waals surface area contributed by atoms with Crippen LogP contribution in [0.2, 0.25) is 0 Å². The summed E-state index contributed by atoms with van der Waals surface area (Å²) in [4.78, 5) is 11.4. The number of fused-ring (bicyclic) bond motifs is 14. The van der Waals surface area contributed by atoms with Gasteiger partial charge >= 0.3 is 0 Å². The number of aromatic nitrogens is 3. The third-order valence-corrected chi connectivity index (χ3v) is 19.3. The number of nitrogens with zero attached hydrogens (tertiary/aromatic N) is 3. The van der Waals surface area contributed by atoms with Crippen molar-refractivity contribution < 1.29 is 0 Å². The van der Waals surface area contributed by atoms with E-state index in [0.717, 1.165) is 11.8 Å². The molecule has 2 bridgehead atoms. The zero-order valence-electron chi connectivity index (χ0n) is 38.4. The fourth-order valence-corrected chi connectivity index (χ4v) is 15.6. The summed E-state index contributed by atoms with van der Waals surface area (Å²) in [6, 6.07) is 8.05. The van der Waals surface area contributed by atoms with Gasteiger partial charge in [0.25, 0.3) is 0 Å². The third-order valence-electron chi connectivity index (χ3n) is 19.3. The molecule has 0 spiro atoms. The monoisotopic (exact) mass is 770 g/mol. The van der Waals surface area contributed by atoms with Gasteiger partial charge in [-0.2, -0.15) is 0 Å². The summed E-state index contributed by atoms with van der Waals surface area (Å²) in [6.45, 7) is 37.3. The predicted molar refractivity (Wildman–Crippen MR) is 243 cm³/mol. The van der Waals surface area contributed by atoms with Gasteiger partial charge in [-0.15, -0.1) is 0 Å². The highest BCUT2D eigenvalue weighted by molar-refractivity contribution is 6.29. The SMILES string of the molecule is CC(C)(C)c1cc(C(C)(C)C)c2c3c4c(ncc3n3c5cnc6c(c5c1c23)-c1cc2c(cc1C6(C)C)CC1CC3CC2C13C)C1(C(C)(C)C)CCC4(C(C)(C)C)CC1. The van der Waals surface area contributed by atoms with Crippen molar-refractivity contribution in [3.05, 3.63) is 75.4 Å². The molecule has 302 valence electrons. The zero-order chi connectivity index (χ0) is 41.0. The van der Waals surface area contributed by atoms with Gasteiger partial charge in [-0.05, 0) is 129 Å². The van der Waals surface area contributed by atoms with Crippen LogP contribution in [-0.2, 0) is 33.5 Å². The molecule has 13 rings (SSSR count).